The van der Waals surface area contributed by atoms with Crippen molar-refractivity contribution in [2.75, 3.05) is 4.90 Å². The molecule has 31 heavy (non-hydrogen) atoms. The molecule has 1 nitrogen and oxygen atoms in total. The molecule has 3 aromatic rings. The molecule has 0 unspecified atom stereocenters. The van der Waals surface area contributed by atoms with Crippen LogP contribution in [-0.2, 0) is 3.42 Å². The van der Waals surface area contributed by atoms with Gasteiger partial charge in [0.1, 0.15) is 8.40 Å². The van der Waals surface area contributed by atoms with Gasteiger partial charge in [-0.05, 0) is 53.3 Å². The number of rotatable bonds is 5. The first-order chi connectivity index (χ1) is 14.3. The van der Waals surface area contributed by atoms with Crippen molar-refractivity contribution in [2.45, 2.75) is 9.96 Å². The van der Waals surface area contributed by atoms with E-state index in [-0.39, 0.29) is 0 Å². The molecule has 0 saturated carbocycles. The van der Waals surface area contributed by atoms with E-state index in [0.29, 0.717) is 5.19 Å². The Morgan fingerprint density at radius 3 is 1.39 bits per heavy atom. The highest BCUT2D eigenvalue weighted by atomic mass is 35.8. The Labute approximate surface area is 223 Å². The van der Waals surface area contributed by atoms with E-state index in [2.05, 4.69) is 4.90 Å². The smallest absolute Gasteiger partial charge is 0.311 e. The van der Waals surface area contributed by atoms with Gasteiger partial charge in [-0.15, -0.1) is 55.4 Å². The first-order valence-electron chi connectivity index (χ1n) is 8.90. The molecule has 0 N–H and O–H groups in total. The number of alkyl halides is 3. The van der Waals surface area contributed by atoms with Gasteiger partial charge in [-0.1, -0.05) is 70.4 Å². The first kappa shape index (κ1) is 26.2. The Hall–Kier alpha value is 0.561. The van der Waals surface area contributed by atoms with Gasteiger partial charge in [0.25, 0.3) is 6.69 Å². The van der Waals surface area contributed by atoms with Crippen molar-refractivity contribution in [1.82, 2.24) is 0 Å². The molecule has 1 aromatic heterocycles. The SMILES string of the molecule is C[Si](Cl)(Cl)c1ccc(N(c2ccc([Si](Cl)(Cl)Cl)cc2)c2cc[si](C(Cl)(Cl)Cl)cc2)cc1. The molecule has 0 atom stereocenters. The third-order valence-electron chi connectivity index (χ3n) is 4.54. The summed E-state index contributed by atoms with van der Waals surface area (Å²) in [4.78, 5) is 2.07. The van der Waals surface area contributed by atoms with E-state index in [1.54, 1.807) is 0 Å². The van der Waals surface area contributed by atoms with Crippen LogP contribution in [-0.4, -0.2) is 21.1 Å². The molecule has 0 aliphatic rings. The van der Waals surface area contributed by atoms with Crippen LogP contribution in [0.2, 0.25) is 6.55 Å². The fraction of sp³-hybridized carbons (Fsp3) is 0.105. The predicted molar refractivity (Wildman–Crippen MR) is 149 cm³/mol. The zero-order valence-corrected chi connectivity index (χ0v) is 24.9. The van der Waals surface area contributed by atoms with Crippen molar-refractivity contribution in [1.29, 1.82) is 0 Å². The highest BCUT2D eigenvalue weighted by Crippen LogP contribution is 2.36. The lowest BCUT2D eigenvalue weighted by molar-refractivity contribution is 1.29. The molecular formula is C19H15Cl8NSi3. The van der Waals surface area contributed by atoms with Gasteiger partial charge in [-0.3, -0.25) is 0 Å². The lowest BCUT2D eigenvalue weighted by atomic mass is 10.2. The van der Waals surface area contributed by atoms with Crippen LogP contribution in [0.15, 0.2) is 72.0 Å². The maximum atomic E-state index is 6.37. The molecule has 0 aliphatic heterocycles. The highest BCUT2D eigenvalue weighted by molar-refractivity contribution is 7.69. The van der Waals surface area contributed by atoms with Crippen molar-refractivity contribution in [3.8, 4) is 0 Å². The summed E-state index contributed by atoms with van der Waals surface area (Å²) in [5, 5.41) is 1.64. The number of benzene rings is 2. The first-order valence-corrected chi connectivity index (χ1v) is 21.2. The Morgan fingerprint density at radius 1 is 0.645 bits per heavy atom. The average Bonchev–Trinajstić information content (AvgIpc) is 2.67. The minimum absolute atomic E-state index is 0.712. The molecule has 0 spiro atoms. The summed E-state index contributed by atoms with van der Waals surface area (Å²) >= 11 is 49.5. The Morgan fingerprint density at radius 2 is 1.03 bits per heavy atom. The number of hydrogen-bond donors (Lipinski definition) is 0. The van der Waals surface area contributed by atoms with E-state index in [4.69, 9.17) is 90.2 Å². The topological polar surface area (TPSA) is 3.24 Å². The van der Waals surface area contributed by atoms with Crippen LogP contribution in [0.1, 0.15) is 0 Å². The van der Waals surface area contributed by atoms with Crippen LogP contribution in [0.25, 0.3) is 0 Å². The molecule has 1 heterocycles. The zero-order chi connectivity index (χ0) is 23.0. The molecule has 12 heteroatoms. The van der Waals surface area contributed by atoms with Gasteiger partial charge < -0.3 is 4.90 Å². The van der Waals surface area contributed by atoms with Crippen molar-refractivity contribution in [3.05, 3.63) is 72.0 Å². The van der Waals surface area contributed by atoms with Gasteiger partial charge in [-0.25, -0.2) is 0 Å². The molecule has 3 rings (SSSR count). The van der Waals surface area contributed by atoms with Gasteiger partial charge >= 0.3 is 6.00 Å². The van der Waals surface area contributed by atoms with Crippen LogP contribution in [0.4, 0.5) is 17.1 Å². The molecule has 164 valence electrons. The van der Waals surface area contributed by atoms with Crippen molar-refractivity contribution in [3.63, 3.8) is 0 Å². The van der Waals surface area contributed by atoms with Gasteiger partial charge in [0.05, 0.1) is 0 Å². The summed E-state index contributed by atoms with van der Waals surface area (Å²) in [6, 6.07) is 16.3. The molecule has 0 bridgehead atoms. The zero-order valence-electron chi connectivity index (χ0n) is 15.9. The standard InChI is InChI=1S/C19H15Cl8NSi3/c1-30(23,24)17-6-2-14(3-7-17)28(15-4-8-18(9-5-15)31(25,26)27)16-10-12-29(13-11-16)19(20,21)22/h2-13H,1H3. The summed E-state index contributed by atoms with van der Waals surface area (Å²) in [6.45, 7) is -0.592. The second-order valence-electron chi connectivity index (χ2n) is 6.86. The summed E-state index contributed by atoms with van der Waals surface area (Å²) in [7, 11) is -1.43. The van der Waals surface area contributed by atoms with Gasteiger partial charge in [-0.2, -0.15) is 0 Å². The fourth-order valence-corrected chi connectivity index (χ4v) is 8.46. The lowest BCUT2D eigenvalue weighted by Crippen LogP contribution is -2.32. The number of halogens is 8. The molecule has 0 aliphatic carbocycles. The minimum Gasteiger partial charge on any atom is -0.311 e. The third-order valence-corrected chi connectivity index (χ3v) is 13.8. The third kappa shape index (κ3) is 6.80. The predicted octanol–water partition coefficient (Wildman–Crippen LogP) is 8.09. The molecule has 2 aromatic carbocycles. The summed E-state index contributed by atoms with van der Waals surface area (Å²) < 4.78 is -1.32. The van der Waals surface area contributed by atoms with Crippen LogP contribution in [0, 0.1) is 0 Å². The maximum Gasteiger partial charge on any atom is 0.372 e. The van der Waals surface area contributed by atoms with Gasteiger partial charge in [0, 0.05) is 17.1 Å². The second-order valence-corrected chi connectivity index (χ2v) is 28.3. The van der Waals surface area contributed by atoms with E-state index in [1.807, 2.05) is 78.6 Å². The van der Waals surface area contributed by atoms with E-state index in [0.717, 1.165) is 22.2 Å². The Balaban J connectivity index is 2.08. The van der Waals surface area contributed by atoms with Gasteiger partial charge in [0.15, 0.2) is 3.42 Å². The largest absolute Gasteiger partial charge is 0.372 e. The average molecular weight is 625 g/mol. The normalized spacial score (nSPS) is 12.7. The Kier molecular flexibility index (Phi) is 8.48. The minimum atomic E-state index is -2.97. The van der Waals surface area contributed by atoms with Gasteiger partial charge in [0.2, 0.25) is 0 Å². The Bertz CT molecular complexity index is 888. The fourth-order valence-electron chi connectivity index (χ4n) is 2.95. The van der Waals surface area contributed by atoms with Crippen molar-refractivity contribution >= 4 is 139 Å². The van der Waals surface area contributed by atoms with E-state index in [9.17, 15) is 0 Å². The van der Waals surface area contributed by atoms with Crippen LogP contribution >= 0.6 is 90.2 Å². The molecule has 0 amide bonds. The lowest BCUT2D eigenvalue weighted by Gasteiger charge is -2.27. The van der Waals surface area contributed by atoms with Crippen LogP contribution in [0.5, 0.6) is 0 Å². The van der Waals surface area contributed by atoms with Crippen LogP contribution in [0.3, 0.4) is 0 Å². The summed E-state index contributed by atoms with van der Waals surface area (Å²) in [5.74, 6) is 0. The molecule has 0 fully saturated rings. The number of hydrogen-bond acceptors (Lipinski definition) is 1. The summed E-state index contributed by atoms with van der Waals surface area (Å²) in [5.41, 5.74) is 6.64. The monoisotopic (exact) mass is 621 g/mol. The highest BCUT2D eigenvalue weighted by Gasteiger charge is 2.29. The molecule has 0 saturated heterocycles. The molecular weight excluding hydrogens is 610 g/mol. The second kappa shape index (κ2) is 10.0. The van der Waals surface area contributed by atoms with E-state index in [1.165, 1.54) is 0 Å². The number of nitrogens with zero attached hydrogens (tertiary/aromatic N) is 1. The van der Waals surface area contributed by atoms with Crippen molar-refractivity contribution in [2.24, 2.45) is 0 Å². The van der Waals surface area contributed by atoms with Crippen LogP contribution < -0.4 is 15.3 Å². The quantitative estimate of drug-likeness (QED) is 0.158. The van der Waals surface area contributed by atoms with E-state index < -0.39 is 24.5 Å². The maximum absolute atomic E-state index is 6.37. The number of anilines is 3. The van der Waals surface area contributed by atoms with Crippen molar-refractivity contribution < 1.29 is 0 Å². The summed E-state index contributed by atoms with van der Waals surface area (Å²) in [6.07, 6.45) is 0. The molecule has 0 radical (unpaired) electrons. The van der Waals surface area contributed by atoms with E-state index >= 15 is 0 Å².